The number of imidazole rings is 1. The summed E-state index contributed by atoms with van der Waals surface area (Å²) in [6, 6.07) is 0. The van der Waals surface area contributed by atoms with Gasteiger partial charge in [0.1, 0.15) is 0 Å². The highest BCUT2D eigenvalue weighted by Crippen LogP contribution is 2.34. The number of nitrogens with zero attached hydrogens (tertiary/aromatic N) is 5. The van der Waals surface area contributed by atoms with E-state index in [1.54, 1.807) is 13.4 Å². The zero-order chi connectivity index (χ0) is 18.2. The van der Waals surface area contributed by atoms with E-state index in [2.05, 4.69) is 16.8 Å². The fourth-order valence-electron chi connectivity index (χ4n) is 3.69. The number of hydrogen-bond donors (Lipinski definition) is 1. The van der Waals surface area contributed by atoms with Crippen LogP contribution in [0.3, 0.4) is 0 Å². The van der Waals surface area contributed by atoms with Gasteiger partial charge < -0.3 is 14.6 Å². The predicted molar refractivity (Wildman–Crippen MR) is 95.7 cm³/mol. The van der Waals surface area contributed by atoms with E-state index in [0.29, 0.717) is 17.7 Å². The fraction of sp³-hybridized carbons (Fsp3) is 0.706. The zero-order valence-corrected chi connectivity index (χ0v) is 15.2. The largest absolute Gasteiger partial charge is 0.396 e. The number of piperidine rings is 1. The highest BCUT2D eigenvalue weighted by molar-refractivity contribution is 5.69. The number of aromatic nitrogens is 4. The molecule has 0 amide bonds. The van der Waals surface area contributed by atoms with Gasteiger partial charge in [0.15, 0.2) is 11.2 Å². The Morgan fingerprint density at radius 3 is 2.44 bits per heavy atom. The van der Waals surface area contributed by atoms with Crippen LogP contribution < -0.4 is 11.2 Å². The predicted octanol–water partition coefficient (Wildman–Crippen LogP) is -0.0818. The van der Waals surface area contributed by atoms with Gasteiger partial charge in [0.2, 0.25) is 0 Å². The molecule has 1 aliphatic heterocycles. The minimum absolute atomic E-state index is 0.0758. The van der Waals surface area contributed by atoms with Gasteiger partial charge >= 0.3 is 5.69 Å². The Morgan fingerprint density at radius 2 is 1.84 bits per heavy atom. The van der Waals surface area contributed by atoms with Gasteiger partial charge in [-0.3, -0.25) is 13.9 Å². The highest BCUT2D eigenvalue weighted by atomic mass is 16.3. The minimum atomic E-state index is -0.362. The van der Waals surface area contributed by atoms with Gasteiger partial charge in [0.05, 0.1) is 6.33 Å². The Hall–Kier alpha value is -1.93. The molecule has 25 heavy (non-hydrogen) atoms. The van der Waals surface area contributed by atoms with E-state index in [0.717, 1.165) is 43.5 Å². The van der Waals surface area contributed by atoms with E-state index < -0.39 is 0 Å². The van der Waals surface area contributed by atoms with Crippen molar-refractivity contribution in [3.63, 3.8) is 0 Å². The van der Waals surface area contributed by atoms with E-state index in [1.807, 2.05) is 4.57 Å². The lowest BCUT2D eigenvalue weighted by Crippen LogP contribution is -2.43. The Morgan fingerprint density at radius 1 is 1.16 bits per heavy atom. The second kappa shape index (κ2) is 6.76. The molecule has 2 aromatic heterocycles. The molecule has 8 nitrogen and oxygen atoms in total. The molecule has 0 aliphatic carbocycles. The quantitative estimate of drug-likeness (QED) is 0.816. The second-order valence-corrected chi connectivity index (χ2v) is 7.17. The van der Waals surface area contributed by atoms with Gasteiger partial charge in [-0.1, -0.05) is 6.92 Å². The molecule has 8 heteroatoms. The van der Waals surface area contributed by atoms with Crippen LogP contribution in [0.4, 0.5) is 0 Å². The molecule has 3 rings (SSSR count). The third kappa shape index (κ3) is 3.04. The molecule has 138 valence electrons. The maximum atomic E-state index is 12.4. The zero-order valence-electron chi connectivity index (χ0n) is 15.2. The van der Waals surface area contributed by atoms with Crippen LogP contribution in [-0.4, -0.2) is 54.9 Å². The minimum Gasteiger partial charge on any atom is -0.396 e. The van der Waals surface area contributed by atoms with Gasteiger partial charge in [0.25, 0.3) is 5.56 Å². The van der Waals surface area contributed by atoms with Crippen LogP contribution in [0.5, 0.6) is 0 Å². The summed E-state index contributed by atoms with van der Waals surface area (Å²) in [5.74, 6) is 0. The molecule has 0 spiro atoms. The van der Waals surface area contributed by atoms with Crippen molar-refractivity contribution in [2.24, 2.45) is 19.5 Å². The van der Waals surface area contributed by atoms with Crippen molar-refractivity contribution in [3.8, 4) is 0 Å². The molecule has 0 atom stereocenters. The van der Waals surface area contributed by atoms with Crippen molar-refractivity contribution in [3.05, 3.63) is 27.2 Å². The SMILES string of the molecule is CCC1(CO)CCN(CCn2cnc3c2c(=O)n(C)c(=O)n3C)CC1. The lowest BCUT2D eigenvalue weighted by molar-refractivity contribution is 0.0399. The van der Waals surface area contributed by atoms with Gasteiger partial charge in [-0.15, -0.1) is 0 Å². The summed E-state index contributed by atoms with van der Waals surface area (Å²) in [5.41, 5.74) is 0.307. The Balaban J connectivity index is 1.75. The lowest BCUT2D eigenvalue weighted by Gasteiger charge is -2.40. The molecular weight excluding hydrogens is 322 g/mol. The summed E-state index contributed by atoms with van der Waals surface area (Å²) in [4.78, 5) is 31.0. The van der Waals surface area contributed by atoms with Crippen molar-refractivity contribution in [1.29, 1.82) is 0 Å². The van der Waals surface area contributed by atoms with Crippen molar-refractivity contribution in [2.75, 3.05) is 26.2 Å². The normalized spacial score (nSPS) is 18.1. The van der Waals surface area contributed by atoms with Crippen LogP contribution in [-0.2, 0) is 20.6 Å². The summed E-state index contributed by atoms with van der Waals surface area (Å²) >= 11 is 0. The number of fused-ring (bicyclic) bond motifs is 1. The summed E-state index contributed by atoms with van der Waals surface area (Å²) in [7, 11) is 3.12. The van der Waals surface area contributed by atoms with E-state index in [4.69, 9.17) is 0 Å². The molecule has 0 radical (unpaired) electrons. The van der Waals surface area contributed by atoms with Crippen LogP contribution in [0.2, 0.25) is 0 Å². The molecule has 0 saturated carbocycles. The number of aliphatic hydroxyl groups is 1. The molecule has 0 unspecified atom stereocenters. The third-order valence-corrected chi connectivity index (χ3v) is 5.88. The lowest BCUT2D eigenvalue weighted by atomic mass is 9.77. The number of aliphatic hydroxyl groups excluding tert-OH is 1. The molecular formula is C17H27N5O3. The van der Waals surface area contributed by atoms with Crippen LogP contribution >= 0.6 is 0 Å². The molecule has 1 N–H and O–H groups in total. The first-order chi connectivity index (χ1) is 11.9. The molecule has 2 aromatic rings. The first-order valence-electron chi connectivity index (χ1n) is 8.86. The third-order valence-electron chi connectivity index (χ3n) is 5.88. The van der Waals surface area contributed by atoms with E-state index in [1.165, 1.54) is 11.6 Å². The molecule has 0 bridgehead atoms. The highest BCUT2D eigenvalue weighted by Gasteiger charge is 2.32. The smallest absolute Gasteiger partial charge is 0.332 e. The van der Waals surface area contributed by atoms with Crippen LogP contribution in [0, 0.1) is 5.41 Å². The van der Waals surface area contributed by atoms with Crippen molar-refractivity contribution >= 4 is 11.2 Å². The monoisotopic (exact) mass is 349 g/mol. The summed E-state index contributed by atoms with van der Waals surface area (Å²) in [5, 5.41) is 9.64. The number of hydrogen-bond acceptors (Lipinski definition) is 5. The van der Waals surface area contributed by atoms with Gasteiger partial charge in [0, 0.05) is 33.8 Å². The first kappa shape index (κ1) is 17.9. The van der Waals surface area contributed by atoms with E-state index >= 15 is 0 Å². The van der Waals surface area contributed by atoms with Crippen molar-refractivity contribution in [2.45, 2.75) is 32.7 Å². The van der Waals surface area contributed by atoms with Crippen LogP contribution in [0.1, 0.15) is 26.2 Å². The molecule has 3 heterocycles. The summed E-state index contributed by atoms with van der Waals surface area (Å²) in [6.45, 7) is 5.79. The first-order valence-corrected chi connectivity index (χ1v) is 8.86. The molecule has 1 saturated heterocycles. The average Bonchev–Trinajstić information content (AvgIpc) is 3.07. The number of rotatable bonds is 5. The second-order valence-electron chi connectivity index (χ2n) is 7.17. The van der Waals surface area contributed by atoms with E-state index in [9.17, 15) is 14.7 Å². The summed E-state index contributed by atoms with van der Waals surface area (Å²) < 4.78 is 4.37. The maximum absolute atomic E-state index is 12.4. The Bertz CT molecular complexity index is 865. The van der Waals surface area contributed by atoms with Gasteiger partial charge in [-0.05, 0) is 37.8 Å². The average molecular weight is 349 g/mol. The number of likely N-dealkylation sites (tertiary alicyclic amines) is 1. The van der Waals surface area contributed by atoms with Gasteiger partial charge in [-0.2, -0.15) is 0 Å². The summed E-state index contributed by atoms with van der Waals surface area (Å²) in [6.07, 6.45) is 4.65. The standard InChI is InChI=1S/C17H27N5O3/c1-4-17(11-23)5-7-21(8-6-17)9-10-22-12-18-14-13(22)15(24)20(3)16(25)19(14)2/h12,23H,4-11H2,1-3H3. The van der Waals surface area contributed by atoms with Crippen molar-refractivity contribution < 1.29 is 5.11 Å². The fourth-order valence-corrected chi connectivity index (χ4v) is 3.69. The molecule has 0 aromatic carbocycles. The van der Waals surface area contributed by atoms with Gasteiger partial charge in [-0.25, -0.2) is 9.78 Å². The van der Waals surface area contributed by atoms with Crippen LogP contribution in [0.15, 0.2) is 15.9 Å². The molecule has 1 fully saturated rings. The van der Waals surface area contributed by atoms with Crippen molar-refractivity contribution in [1.82, 2.24) is 23.6 Å². The Labute approximate surface area is 146 Å². The Kier molecular flexibility index (Phi) is 4.83. The van der Waals surface area contributed by atoms with Crippen LogP contribution in [0.25, 0.3) is 11.2 Å². The molecule has 1 aliphatic rings. The van der Waals surface area contributed by atoms with E-state index in [-0.39, 0.29) is 23.3 Å². The number of aryl methyl sites for hydroxylation is 1. The topological polar surface area (TPSA) is 85.3 Å². The maximum Gasteiger partial charge on any atom is 0.332 e.